The standard InChI is InChI=1S/C11H20N2O2/c1-8-11(2,5-7-15-8)13-10(14)9-4-3-6-12-9/h8-9,12H,3-7H2,1-2H3,(H,13,14)/t8?,9-,11?/m0/s1. The van der Waals surface area contributed by atoms with Crippen molar-refractivity contribution in [1.82, 2.24) is 10.6 Å². The Bertz CT molecular complexity index is 251. The molecule has 0 bridgehead atoms. The summed E-state index contributed by atoms with van der Waals surface area (Å²) in [6.07, 6.45) is 3.08. The van der Waals surface area contributed by atoms with Crippen molar-refractivity contribution in [3.05, 3.63) is 0 Å². The predicted octanol–water partition coefficient (Wildman–Crippen LogP) is 0.422. The van der Waals surface area contributed by atoms with Gasteiger partial charge in [0.2, 0.25) is 5.91 Å². The van der Waals surface area contributed by atoms with Gasteiger partial charge in [0, 0.05) is 6.61 Å². The van der Waals surface area contributed by atoms with Crippen LogP contribution < -0.4 is 10.6 Å². The summed E-state index contributed by atoms with van der Waals surface area (Å²) >= 11 is 0. The molecule has 15 heavy (non-hydrogen) atoms. The smallest absolute Gasteiger partial charge is 0.237 e. The molecule has 2 saturated heterocycles. The maximum absolute atomic E-state index is 11.9. The van der Waals surface area contributed by atoms with Gasteiger partial charge in [-0.25, -0.2) is 0 Å². The van der Waals surface area contributed by atoms with Crippen molar-refractivity contribution < 1.29 is 9.53 Å². The Morgan fingerprint density at radius 2 is 2.40 bits per heavy atom. The number of nitrogens with one attached hydrogen (secondary N) is 2. The lowest BCUT2D eigenvalue weighted by Crippen LogP contribution is -2.55. The molecule has 0 spiro atoms. The first kappa shape index (κ1) is 10.9. The SMILES string of the molecule is CC1OCCC1(C)NC(=O)[C@@H]1CCCN1. The third kappa shape index (κ3) is 2.16. The summed E-state index contributed by atoms with van der Waals surface area (Å²) in [6, 6.07) is 0.00891. The number of carbonyl (C=O) groups is 1. The van der Waals surface area contributed by atoms with Gasteiger partial charge in [0.1, 0.15) is 0 Å². The summed E-state index contributed by atoms with van der Waals surface area (Å²) in [5.74, 6) is 0.132. The maximum Gasteiger partial charge on any atom is 0.237 e. The van der Waals surface area contributed by atoms with Crippen LogP contribution in [0, 0.1) is 0 Å². The van der Waals surface area contributed by atoms with Gasteiger partial charge in [0.25, 0.3) is 0 Å². The molecule has 4 heteroatoms. The molecule has 2 unspecified atom stereocenters. The van der Waals surface area contributed by atoms with E-state index in [-0.39, 0.29) is 23.6 Å². The molecule has 0 aromatic carbocycles. The van der Waals surface area contributed by atoms with Gasteiger partial charge in [-0.2, -0.15) is 0 Å². The minimum absolute atomic E-state index is 0.00891. The van der Waals surface area contributed by atoms with Crippen molar-refractivity contribution in [3.63, 3.8) is 0 Å². The minimum atomic E-state index is -0.179. The van der Waals surface area contributed by atoms with Crippen molar-refractivity contribution in [2.75, 3.05) is 13.2 Å². The molecule has 0 aliphatic carbocycles. The second kappa shape index (κ2) is 4.10. The average molecular weight is 212 g/mol. The number of hydrogen-bond donors (Lipinski definition) is 2. The van der Waals surface area contributed by atoms with E-state index in [2.05, 4.69) is 17.6 Å². The molecule has 4 nitrogen and oxygen atoms in total. The number of rotatable bonds is 2. The van der Waals surface area contributed by atoms with Crippen molar-refractivity contribution in [2.24, 2.45) is 0 Å². The quantitative estimate of drug-likeness (QED) is 0.697. The third-order valence-electron chi connectivity index (χ3n) is 3.67. The Labute approximate surface area is 90.8 Å². The molecule has 1 amide bonds. The van der Waals surface area contributed by atoms with Crippen molar-refractivity contribution in [3.8, 4) is 0 Å². The molecule has 2 rings (SSSR count). The minimum Gasteiger partial charge on any atom is -0.376 e. The van der Waals surface area contributed by atoms with Gasteiger partial charge in [-0.3, -0.25) is 4.79 Å². The molecule has 3 atom stereocenters. The lowest BCUT2D eigenvalue weighted by Gasteiger charge is -2.30. The summed E-state index contributed by atoms with van der Waals surface area (Å²) in [5, 5.41) is 6.33. The summed E-state index contributed by atoms with van der Waals surface area (Å²) in [5.41, 5.74) is -0.179. The van der Waals surface area contributed by atoms with E-state index < -0.39 is 0 Å². The Kier molecular flexibility index (Phi) is 2.98. The van der Waals surface area contributed by atoms with E-state index in [1.807, 2.05) is 6.92 Å². The zero-order valence-electron chi connectivity index (χ0n) is 9.51. The number of ether oxygens (including phenoxy) is 1. The Morgan fingerprint density at radius 1 is 1.60 bits per heavy atom. The van der Waals surface area contributed by atoms with Crippen LogP contribution in [0.4, 0.5) is 0 Å². The van der Waals surface area contributed by atoms with Crippen LogP contribution in [0.5, 0.6) is 0 Å². The molecule has 0 radical (unpaired) electrons. The second-order valence-corrected chi connectivity index (χ2v) is 4.82. The Balaban J connectivity index is 1.92. The van der Waals surface area contributed by atoms with Crippen LogP contribution in [0.2, 0.25) is 0 Å². The van der Waals surface area contributed by atoms with E-state index in [1.165, 1.54) is 0 Å². The summed E-state index contributed by atoms with van der Waals surface area (Å²) < 4.78 is 5.50. The van der Waals surface area contributed by atoms with Gasteiger partial charge in [0.05, 0.1) is 17.7 Å². The fourth-order valence-electron chi connectivity index (χ4n) is 2.28. The summed E-state index contributed by atoms with van der Waals surface area (Å²) in [7, 11) is 0. The molecule has 0 aromatic heterocycles. The van der Waals surface area contributed by atoms with E-state index >= 15 is 0 Å². The molecule has 2 aliphatic rings. The molecule has 2 fully saturated rings. The Morgan fingerprint density at radius 3 is 2.93 bits per heavy atom. The molecule has 0 saturated carbocycles. The zero-order chi connectivity index (χ0) is 10.9. The third-order valence-corrected chi connectivity index (χ3v) is 3.67. The van der Waals surface area contributed by atoms with E-state index in [1.54, 1.807) is 0 Å². The number of carbonyl (C=O) groups excluding carboxylic acids is 1. The first-order valence-electron chi connectivity index (χ1n) is 5.79. The molecule has 0 aromatic rings. The molecule has 2 aliphatic heterocycles. The molecular weight excluding hydrogens is 192 g/mol. The fourth-order valence-corrected chi connectivity index (χ4v) is 2.28. The fraction of sp³-hybridized carbons (Fsp3) is 0.909. The van der Waals surface area contributed by atoms with Crippen LogP contribution >= 0.6 is 0 Å². The first-order chi connectivity index (χ1) is 7.12. The molecule has 2 heterocycles. The van der Waals surface area contributed by atoms with Gasteiger partial charge in [-0.15, -0.1) is 0 Å². The summed E-state index contributed by atoms with van der Waals surface area (Å²) in [6.45, 7) is 5.80. The highest BCUT2D eigenvalue weighted by atomic mass is 16.5. The predicted molar refractivity (Wildman–Crippen MR) is 57.6 cm³/mol. The van der Waals surface area contributed by atoms with Crippen LogP contribution in [-0.2, 0) is 9.53 Å². The average Bonchev–Trinajstić information content (AvgIpc) is 2.78. The van der Waals surface area contributed by atoms with Gasteiger partial charge >= 0.3 is 0 Å². The van der Waals surface area contributed by atoms with Crippen LogP contribution in [-0.4, -0.2) is 36.7 Å². The van der Waals surface area contributed by atoms with Crippen LogP contribution in [0.25, 0.3) is 0 Å². The number of hydrogen-bond acceptors (Lipinski definition) is 3. The molecule has 2 N–H and O–H groups in total. The van der Waals surface area contributed by atoms with Crippen molar-refractivity contribution in [1.29, 1.82) is 0 Å². The zero-order valence-corrected chi connectivity index (χ0v) is 9.51. The normalized spacial score (nSPS) is 40.7. The highest BCUT2D eigenvalue weighted by Crippen LogP contribution is 2.25. The van der Waals surface area contributed by atoms with Gasteiger partial charge < -0.3 is 15.4 Å². The second-order valence-electron chi connectivity index (χ2n) is 4.82. The molecular formula is C11H20N2O2. The van der Waals surface area contributed by atoms with Gasteiger partial charge in [-0.1, -0.05) is 0 Å². The van der Waals surface area contributed by atoms with Crippen LogP contribution in [0.3, 0.4) is 0 Å². The number of amides is 1. The van der Waals surface area contributed by atoms with E-state index in [0.29, 0.717) is 0 Å². The first-order valence-corrected chi connectivity index (χ1v) is 5.79. The lowest BCUT2D eigenvalue weighted by atomic mass is 9.94. The van der Waals surface area contributed by atoms with E-state index in [9.17, 15) is 4.79 Å². The largest absolute Gasteiger partial charge is 0.376 e. The van der Waals surface area contributed by atoms with Crippen molar-refractivity contribution >= 4 is 5.91 Å². The maximum atomic E-state index is 11.9. The monoisotopic (exact) mass is 212 g/mol. The van der Waals surface area contributed by atoms with Crippen molar-refractivity contribution in [2.45, 2.75) is 50.8 Å². The summed E-state index contributed by atoms with van der Waals surface area (Å²) in [4.78, 5) is 11.9. The van der Waals surface area contributed by atoms with Gasteiger partial charge in [-0.05, 0) is 39.7 Å². The van der Waals surface area contributed by atoms with Crippen LogP contribution in [0.1, 0.15) is 33.1 Å². The highest BCUT2D eigenvalue weighted by Gasteiger charge is 2.39. The lowest BCUT2D eigenvalue weighted by molar-refractivity contribution is -0.125. The molecule has 86 valence electrons. The topological polar surface area (TPSA) is 50.4 Å². The van der Waals surface area contributed by atoms with E-state index in [4.69, 9.17) is 4.74 Å². The van der Waals surface area contributed by atoms with Gasteiger partial charge in [0.15, 0.2) is 0 Å². The highest BCUT2D eigenvalue weighted by molar-refractivity contribution is 5.82. The van der Waals surface area contributed by atoms with Crippen LogP contribution in [0.15, 0.2) is 0 Å². The van der Waals surface area contributed by atoms with E-state index in [0.717, 1.165) is 32.4 Å². The Hall–Kier alpha value is -0.610.